The fourth-order valence-electron chi connectivity index (χ4n) is 1.68. The third-order valence-electron chi connectivity index (χ3n) is 2.43. The average Bonchev–Trinajstić information content (AvgIpc) is 2.39. The van der Waals surface area contributed by atoms with Gasteiger partial charge in [-0.15, -0.1) is 0 Å². The Morgan fingerprint density at radius 3 is 2.69 bits per heavy atom. The Balaban J connectivity index is 3.07. The van der Waals surface area contributed by atoms with Gasteiger partial charge in [0, 0.05) is 31.9 Å². The van der Waals surface area contributed by atoms with Gasteiger partial charge in [0.05, 0.1) is 5.54 Å². The Morgan fingerprint density at radius 1 is 1.62 bits per heavy atom. The molecule has 13 heavy (non-hydrogen) atoms. The van der Waals surface area contributed by atoms with Crippen LogP contribution in [0.15, 0.2) is 16.3 Å². The van der Waals surface area contributed by atoms with Crippen molar-refractivity contribution in [3.05, 3.63) is 11.3 Å². The number of nitrogens with two attached hydrogens (primary N) is 1. The SMILES string of the molecule is CN=C(N)C1=C(NC)C(C)(C)NC1. The largest absolute Gasteiger partial charge is 0.390 e. The maximum absolute atomic E-state index is 5.78. The Morgan fingerprint density at radius 2 is 2.23 bits per heavy atom. The number of amidine groups is 1. The van der Waals surface area contributed by atoms with Gasteiger partial charge in [-0.2, -0.15) is 0 Å². The summed E-state index contributed by atoms with van der Waals surface area (Å²) in [6, 6.07) is 0. The molecule has 0 amide bonds. The zero-order valence-electron chi connectivity index (χ0n) is 8.73. The molecule has 0 radical (unpaired) electrons. The van der Waals surface area contributed by atoms with E-state index in [0.717, 1.165) is 17.8 Å². The molecule has 0 unspecified atom stereocenters. The van der Waals surface area contributed by atoms with Crippen molar-refractivity contribution >= 4 is 5.84 Å². The van der Waals surface area contributed by atoms with Gasteiger partial charge in [-0.3, -0.25) is 4.99 Å². The van der Waals surface area contributed by atoms with E-state index in [2.05, 4.69) is 29.5 Å². The fraction of sp³-hybridized carbons (Fsp3) is 0.667. The minimum Gasteiger partial charge on any atom is -0.390 e. The summed E-state index contributed by atoms with van der Waals surface area (Å²) in [7, 11) is 3.62. The number of nitrogens with one attached hydrogen (secondary N) is 2. The highest BCUT2D eigenvalue weighted by Gasteiger charge is 2.32. The molecule has 4 heteroatoms. The average molecular weight is 182 g/mol. The molecule has 1 rings (SSSR count). The van der Waals surface area contributed by atoms with Crippen LogP contribution in [-0.4, -0.2) is 32.0 Å². The standard InChI is InChI=1S/C9H18N4/c1-9(2)7(11-3)6(5-13-9)8(10)12-4/h11,13H,5H2,1-4H3,(H2,10,12). The Bertz CT molecular complexity index is 263. The summed E-state index contributed by atoms with van der Waals surface area (Å²) in [5.74, 6) is 0.613. The van der Waals surface area contributed by atoms with Crippen molar-refractivity contribution in [2.45, 2.75) is 19.4 Å². The predicted octanol–water partition coefficient (Wildman–Crippen LogP) is -0.171. The van der Waals surface area contributed by atoms with Crippen molar-refractivity contribution < 1.29 is 0 Å². The summed E-state index contributed by atoms with van der Waals surface area (Å²) in [4.78, 5) is 3.99. The molecule has 0 aromatic heterocycles. The highest BCUT2D eigenvalue weighted by Crippen LogP contribution is 2.22. The predicted molar refractivity (Wildman–Crippen MR) is 55.7 cm³/mol. The summed E-state index contributed by atoms with van der Waals surface area (Å²) >= 11 is 0. The molecule has 4 N–H and O–H groups in total. The van der Waals surface area contributed by atoms with E-state index in [1.54, 1.807) is 7.05 Å². The van der Waals surface area contributed by atoms with Crippen LogP contribution >= 0.6 is 0 Å². The van der Waals surface area contributed by atoms with Crippen molar-refractivity contribution in [2.75, 3.05) is 20.6 Å². The van der Waals surface area contributed by atoms with E-state index in [9.17, 15) is 0 Å². The highest BCUT2D eigenvalue weighted by molar-refractivity contribution is 5.98. The first kappa shape index (κ1) is 10.1. The van der Waals surface area contributed by atoms with Crippen molar-refractivity contribution in [3.63, 3.8) is 0 Å². The van der Waals surface area contributed by atoms with E-state index in [1.807, 2.05) is 7.05 Å². The number of likely N-dealkylation sites (N-methyl/N-ethyl adjacent to an activating group) is 1. The first-order valence-electron chi connectivity index (χ1n) is 4.42. The lowest BCUT2D eigenvalue weighted by Crippen LogP contribution is -2.39. The zero-order valence-corrected chi connectivity index (χ0v) is 8.73. The third-order valence-corrected chi connectivity index (χ3v) is 2.43. The van der Waals surface area contributed by atoms with E-state index in [4.69, 9.17) is 5.73 Å². The second kappa shape index (κ2) is 3.38. The molecular weight excluding hydrogens is 164 g/mol. The highest BCUT2D eigenvalue weighted by atomic mass is 15.1. The molecule has 0 aromatic carbocycles. The second-order valence-corrected chi connectivity index (χ2v) is 3.69. The van der Waals surface area contributed by atoms with Crippen LogP contribution in [0, 0.1) is 0 Å². The number of rotatable bonds is 2. The minimum atomic E-state index is -0.0284. The van der Waals surface area contributed by atoms with E-state index < -0.39 is 0 Å². The van der Waals surface area contributed by atoms with Crippen LogP contribution in [0.3, 0.4) is 0 Å². The second-order valence-electron chi connectivity index (χ2n) is 3.69. The van der Waals surface area contributed by atoms with E-state index in [1.165, 1.54) is 0 Å². The quantitative estimate of drug-likeness (QED) is 0.410. The topological polar surface area (TPSA) is 62.4 Å². The summed E-state index contributed by atoms with van der Waals surface area (Å²) in [5.41, 5.74) is 7.96. The van der Waals surface area contributed by atoms with Gasteiger partial charge >= 0.3 is 0 Å². The monoisotopic (exact) mass is 182 g/mol. The molecule has 1 heterocycles. The smallest absolute Gasteiger partial charge is 0.124 e. The lowest BCUT2D eigenvalue weighted by molar-refractivity contribution is 0.487. The van der Waals surface area contributed by atoms with Crippen LogP contribution in [0.5, 0.6) is 0 Å². The van der Waals surface area contributed by atoms with Gasteiger partial charge in [0.15, 0.2) is 0 Å². The van der Waals surface area contributed by atoms with Crippen LogP contribution in [0.4, 0.5) is 0 Å². The minimum absolute atomic E-state index is 0.0284. The first-order chi connectivity index (χ1) is 6.03. The summed E-state index contributed by atoms with van der Waals surface area (Å²) < 4.78 is 0. The maximum Gasteiger partial charge on any atom is 0.124 e. The van der Waals surface area contributed by atoms with Gasteiger partial charge in [0.1, 0.15) is 5.84 Å². The maximum atomic E-state index is 5.78. The molecule has 0 fully saturated rings. The molecule has 0 bridgehead atoms. The fourth-order valence-corrected chi connectivity index (χ4v) is 1.68. The lowest BCUT2D eigenvalue weighted by atomic mass is 10.0. The summed E-state index contributed by atoms with van der Waals surface area (Å²) in [6.07, 6.45) is 0. The number of hydrogen-bond donors (Lipinski definition) is 3. The van der Waals surface area contributed by atoms with Crippen LogP contribution < -0.4 is 16.4 Å². The molecule has 1 aliphatic heterocycles. The van der Waals surface area contributed by atoms with Crippen molar-refractivity contribution in [1.29, 1.82) is 0 Å². The van der Waals surface area contributed by atoms with E-state index in [-0.39, 0.29) is 5.54 Å². The summed E-state index contributed by atoms with van der Waals surface area (Å²) in [5, 5.41) is 6.54. The van der Waals surface area contributed by atoms with E-state index in [0.29, 0.717) is 5.84 Å². The number of aliphatic imine (C=N–C) groups is 1. The van der Waals surface area contributed by atoms with Crippen molar-refractivity contribution in [2.24, 2.45) is 10.7 Å². The van der Waals surface area contributed by atoms with Crippen LogP contribution in [0.25, 0.3) is 0 Å². The summed E-state index contributed by atoms with van der Waals surface area (Å²) in [6.45, 7) is 5.02. The molecule has 4 nitrogen and oxygen atoms in total. The van der Waals surface area contributed by atoms with Crippen LogP contribution in [0.2, 0.25) is 0 Å². The van der Waals surface area contributed by atoms with E-state index >= 15 is 0 Å². The Hall–Kier alpha value is -1.03. The molecule has 0 atom stereocenters. The van der Waals surface area contributed by atoms with Gasteiger partial charge in [0.25, 0.3) is 0 Å². The van der Waals surface area contributed by atoms with Gasteiger partial charge in [-0.05, 0) is 13.8 Å². The molecule has 0 aromatic rings. The van der Waals surface area contributed by atoms with Gasteiger partial charge in [-0.25, -0.2) is 0 Å². The van der Waals surface area contributed by atoms with Crippen molar-refractivity contribution in [3.8, 4) is 0 Å². The number of hydrogen-bond acceptors (Lipinski definition) is 3. The Labute approximate surface area is 79.3 Å². The zero-order chi connectivity index (χ0) is 10.1. The third kappa shape index (κ3) is 1.67. The number of nitrogens with zero attached hydrogens (tertiary/aromatic N) is 1. The van der Waals surface area contributed by atoms with Crippen molar-refractivity contribution in [1.82, 2.24) is 10.6 Å². The molecule has 1 aliphatic rings. The van der Waals surface area contributed by atoms with Gasteiger partial charge < -0.3 is 16.4 Å². The molecule has 0 spiro atoms. The molecule has 0 saturated heterocycles. The molecule has 0 aliphatic carbocycles. The normalized spacial score (nSPS) is 22.3. The first-order valence-corrected chi connectivity index (χ1v) is 4.42. The molecule has 74 valence electrons. The Kier molecular flexibility index (Phi) is 2.61. The lowest BCUT2D eigenvalue weighted by Gasteiger charge is -2.22. The molecular formula is C9H18N4. The van der Waals surface area contributed by atoms with Gasteiger partial charge in [-0.1, -0.05) is 0 Å². The van der Waals surface area contributed by atoms with Gasteiger partial charge in [0.2, 0.25) is 0 Å². The van der Waals surface area contributed by atoms with Crippen LogP contribution in [0.1, 0.15) is 13.8 Å². The van der Waals surface area contributed by atoms with Crippen LogP contribution in [-0.2, 0) is 0 Å². The molecule has 0 saturated carbocycles.